The monoisotopic (exact) mass is 246 g/mol. The second-order valence-electron chi connectivity index (χ2n) is 5.21. The Kier molecular flexibility index (Phi) is 3.74. The molecule has 0 aliphatic rings. The lowest BCUT2D eigenvalue weighted by molar-refractivity contribution is -0.274. The Morgan fingerprint density at radius 2 is 1.71 bits per heavy atom. The molecule has 0 spiro atoms. The summed E-state index contributed by atoms with van der Waals surface area (Å²) >= 11 is 0. The van der Waals surface area contributed by atoms with E-state index in [0.29, 0.717) is 0 Å². The van der Waals surface area contributed by atoms with E-state index in [1.165, 1.54) is 12.1 Å². The molecular formula is C13H17F3O. The number of hydrogen-bond donors (Lipinski definition) is 0. The van der Waals surface area contributed by atoms with E-state index in [-0.39, 0.29) is 17.1 Å². The minimum Gasteiger partial charge on any atom is -0.406 e. The summed E-state index contributed by atoms with van der Waals surface area (Å²) < 4.78 is 40.2. The Morgan fingerprint density at radius 1 is 1.12 bits per heavy atom. The maximum Gasteiger partial charge on any atom is 0.573 e. The average molecular weight is 246 g/mol. The molecule has 17 heavy (non-hydrogen) atoms. The third-order valence-corrected chi connectivity index (χ3v) is 2.89. The van der Waals surface area contributed by atoms with Crippen molar-refractivity contribution in [2.45, 2.75) is 40.0 Å². The van der Waals surface area contributed by atoms with Crippen molar-refractivity contribution in [1.82, 2.24) is 0 Å². The molecule has 0 saturated heterocycles. The van der Waals surface area contributed by atoms with Crippen molar-refractivity contribution in [2.24, 2.45) is 5.41 Å². The molecule has 1 unspecified atom stereocenters. The molecule has 0 aromatic heterocycles. The standard InChI is InChI=1S/C13H17F3O/c1-9(12(2,3)4)10-6-5-7-11(8-10)17-13(14,15)16/h5-9H,1-4H3. The number of benzene rings is 1. The zero-order valence-electron chi connectivity index (χ0n) is 10.4. The van der Waals surface area contributed by atoms with Crippen molar-refractivity contribution < 1.29 is 17.9 Å². The lowest BCUT2D eigenvalue weighted by Crippen LogP contribution is -2.18. The zero-order chi connectivity index (χ0) is 13.3. The Hall–Kier alpha value is -1.19. The van der Waals surface area contributed by atoms with Gasteiger partial charge in [0.05, 0.1) is 0 Å². The minimum absolute atomic E-state index is 0.00312. The summed E-state index contributed by atoms with van der Waals surface area (Å²) in [5, 5.41) is 0. The highest BCUT2D eigenvalue weighted by Gasteiger charge is 2.31. The van der Waals surface area contributed by atoms with E-state index in [1.807, 2.05) is 13.0 Å². The first kappa shape index (κ1) is 13.9. The molecule has 0 aliphatic carbocycles. The number of rotatable bonds is 2. The topological polar surface area (TPSA) is 9.23 Å². The smallest absolute Gasteiger partial charge is 0.406 e. The molecule has 1 rings (SSSR count). The highest BCUT2D eigenvalue weighted by atomic mass is 19.4. The van der Waals surface area contributed by atoms with Gasteiger partial charge in [-0.25, -0.2) is 0 Å². The lowest BCUT2D eigenvalue weighted by Gasteiger charge is -2.27. The molecule has 0 amide bonds. The summed E-state index contributed by atoms with van der Waals surface area (Å²) in [7, 11) is 0. The van der Waals surface area contributed by atoms with E-state index in [1.54, 1.807) is 6.07 Å². The molecule has 1 aromatic carbocycles. The lowest BCUT2D eigenvalue weighted by atomic mass is 9.78. The minimum atomic E-state index is -4.64. The Labute approximate surface area is 99.6 Å². The van der Waals surface area contributed by atoms with Gasteiger partial charge in [0, 0.05) is 0 Å². The van der Waals surface area contributed by atoms with Crippen LogP contribution >= 0.6 is 0 Å². The van der Waals surface area contributed by atoms with Gasteiger partial charge in [0.15, 0.2) is 0 Å². The van der Waals surface area contributed by atoms with Crippen LogP contribution in [0.1, 0.15) is 39.2 Å². The molecule has 0 aliphatic heterocycles. The third-order valence-electron chi connectivity index (χ3n) is 2.89. The van der Waals surface area contributed by atoms with Gasteiger partial charge in [-0.1, -0.05) is 39.8 Å². The summed E-state index contributed by atoms with van der Waals surface area (Å²) in [5.74, 6) is -0.00890. The van der Waals surface area contributed by atoms with Crippen molar-refractivity contribution >= 4 is 0 Å². The maximum absolute atomic E-state index is 12.1. The molecule has 0 saturated carbocycles. The van der Waals surface area contributed by atoms with Gasteiger partial charge in [0.2, 0.25) is 0 Å². The molecule has 1 atom stereocenters. The summed E-state index contributed by atoms with van der Waals surface area (Å²) in [6.45, 7) is 8.14. The van der Waals surface area contributed by atoms with Crippen molar-refractivity contribution in [3.63, 3.8) is 0 Å². The van der Waals surface area contributed by atoms with Gasteiger partial charge in [0.1, 0.15) is 5.75 Å². The van der Waals surface area contributed by atoms with Crippen LogP contribution in [0.15, 0.2) is 24.3 Å². The predicted octanol–water partition coefficient (Wildman–Crippen LogP) is 4.73. The normalized spacial score (nSPS) is 14.5. The van der Waals surface area contributed by atoms with Crippen LogP contribution in [-0.4, -0.2) is 6.36 Å². The first-order valence-corrected chi connectivity index (χ1v) is 5.45. The molecule has 4 heteroatoms. The predicted molar refractivity (Wildman–Crippen MR) is 61.0 cm³/mol. The first-order valence-electron chi connectivity index (χ1n) is 5.45. The molecule has 0 fully saturated rings. The van der Waals surface area contributed by atoms with Crippen LogP contribution in [0.3, 0.4) is 0 Å². The van der Waals surface area contributed by atoms with Crippen LogP contribution in [0.2, 0.25) is 0 Å². The Balaban J connectivity index is 2.94. The molecule has 1 nitrogen and oxygen atoms in total. The van der Waals surface area contributed by atoms with Crippen LogP contribution in [-0.2, 0) is 0 Å². The van der Waals surface area contributed by atoms with E-state index in [9.17, 15) is 13.2 Å². The molecule has 96 valence electrons. The second-order valence-corrected chi connectivity index (χ2v) is 5.21. The second kappa shape index (κ2) is 4.59. The van der Waals surface area contributed by atoms with Gasteiger partial charge in [-0.15, -0.1) is 13.2 Å². The quantitative estimate of drug-likeness (QED) is 0.732. The van der Waals surface area contributed by atoms with Crippen molar-refractivity contribution in [1.29, 1.82) is 0 Å². The van der Waals surface area contributed by atoms with Crippen LogP contribution in [0.25, 0.3) is 0 Å². The fourth-order valence-electron chi connectivity index (χ4n) is 1.48. The zero-order valence-corrected chi connectivity index (χ0v) is 10.4. The van der Waals surface area contributed by atoms with Crippen LogP contribution in [0.5, 0.6) is 5.75 Å². The summed E-state index contributed by atoms with van der Waals surface area (Å²) in [4.78, 5) is 0. The number of alkyl halides is 3. The molecular weight excluding hydrogens is 229 g/mol. The first-order chi connectivity index (χ1) is 7.59. The third kappa shape index (κ3) is 4.29. The molecule has 0 heterocycles. The van der Waals surface area contributed by atoms with Gasteiger partial charge < -0.3 is 4.74 Å². The van der Waals surface area contributed by atoms with Gasteiger partial charge in [-0.2, -0.15) is 0 Å². The summed E-state index contributed by atoms with van der Waals surface area (Å²) in [5.41, 5.74) is 0.843. The van der Waals surface area contributed by atoms with Crippen molar-refractivity contribution in [3.05, 3.63) is 29.8 Å². The average Bonchev–Trinajstić information content (AvgIpc) is 2.12. The summed E-state index contributed by atoms with van der Waals surface area (Å²) in [6, 6.07) is 6.16. The van der Waals surface area contributed by atoms with Gasteiger partial charge >= 0.3 is 6.36 Å². The largest absolute Gasteiger partial charge is 0.573 e. The number of ether oxygens (including phenoxy) is 1. The van der Waals surface area contributed by atoms with E-state index < -0.39 is 6.36 Å². The van der Waals surface area contributed by atoms with E-state index >= 15 is 0 Å². The highest BCUT2D eigenvalue weighted by molar-refractivity contribution is 5.31. The van der Waals surface area contributed by atoms with Crippen molar-refractivity contribution in [2.75, 3.05) is 0 Å². The highest BCUT2D eigenvalue weighted by Crippen LogP contribution is 2.36. The number of hydrogen-bond acceptors (Lipinski definition) is 1. The Morgan fingerprint density at radius 3 is 2.18 bits per heavy atom. The van der Waals surface area contributed by atoms with Crippen LogP contribution < -0.4 is 4.74 Å². The molecule has 0 radical (unpaired) electrons. The fraction of sp³-hybridized carbons (Fsp3) is 0.538. The van der Waals surface area contributed by atoms with Crippen molar-refractivity contribution in [3.8, 4) is 5.75 Å². The van der Waals surface area contributed by atoms with E-state index in [2.05, 4.69) is 25.5 Å². The number of halogens is 3. The molecule has 0 N–H and O–H groups in total. The fourth-order valence-corrected chi connectivity index (χ4v) is 1.48. The van der Waals surface area contributed by atoms with Crippen LogP contribution in [0.4, 0.5) is 13.2 Å². The summed E-state index contributed by atoms with van der Waals surface area (Å²) in [6.07, 6.45) is -4.64. The van der Waals surface area contributed by atoms with E-state index in [4.69, 9.17) is 0 Å². The SMILES string of the molecule is CC(c1cccc(OC(F)(F)F)c1)C(C)(C)C. The maximum atomic E-state index is 12.1. The van der Waals surface area contributed by atoms with Gasteiger partial charge in [-0.3, -0.25) is 0 Å². The Bertz CT molecular complexity index is 377. The molecule has 1 aromatic rings. The van der Waals surface area contributed by atoms with Gasteiger partial charge in [0.25, 0.3) is 0 Å². The van der Waals surface area contributed by atoms with Gasteiger partial charge in [-0.05, 0) is 29.0 Å². The van der Waals surface area contributed by atoms with E-state index in [0.717, 1.165) is 5.56 Å². The molecule has 0 bridgehead atoms. The van der Waals surface area contributed by atoms with Crippen LogP contribution in [0, 0.1) is 5.41 Å².